The van der Waals surface area contributed by atoms with E-state index in [1.165, 1.54) is 0 Å². The molecule has 108 valence electrons. The molecule has 1 saturated heterocycles. The molecule has 1 aliphatic carbocycles. The number of piperazine rings is 1. The quantitative estimate of drug-likeness (QED) is 0.807. The fraction of sp³-hybridized carbons (Fsp3) is 0.857. The largest absolute Gasteiger partial charge is 0.339 e. The van der Waals surface area contributed by atoms with E-state index in [2.05, 4.69) is 0 Å². The van der Waals surface area contributed by atoms with Crippen LogP contribution >= 0.6 is 0 Å². The van der Waals surface area contributed by atoms with E-state index in [0.29, 0.717) is 32.1 Å². The van der Waals surface area contributed by atoms with Gasteiger partial charge in [0.2, 0.25) is 11.8 Å². The standard InChI is InChI=1S/C14H25N3O2/c1-10(2)12(18)16-6-8-17(9-7-16)13(19)14(3,15)11-4-5-11/h10-11H,4-9,15H2,1-3H3. The third-order valence-corrected chi connectivity index (χ3v) is 4.26. The molecule has 1 heterocycles. The normalized spacial score (nSPS) is 23.4. The van der Waals surface area contributed by atoms with E-state index in [4.69, 9.17) is 5.73 Å². The lowest BCUT2D eigenvalue weighted by Gasteiger charge is -2.39. The molecule has 1 aliphatic heterocycles. The number of hydrogen-bond acceptors (Lipinski definition) is 3. The Morgan fingerprint density at radius 3 is 2.00 bits per heavy atom. The van der Waals surface area contributed by atoms with Gasteiger partial charge in [0.1, 0.15) is 0 Å². The Hall–Kier alpha value is -1.10. The molecule has 5 nitrogen and oxygen atoms in total. The molecule has 0 spiro atoms. The first-order valence-corrected chi connectivity index (χ1v) is 7.21. The van der Waals surface area contributed by atoms with E-state index < -0.39 is 5.54 Å². The number of carbonyl (C=O) groups is 2. The number of carbonyl (C=O) groups excluding carboxylic acids is 2. The molecule has 2 rings (SSSR count). The fourth-order valence-corrected chi connectivity index (χ4v) is 2.69. The van der Waals surface area contributed by atoms with Gasteiger partial charge in [-0.1, -0.05) is 13.8 Å². The first-order chi connectivity index (χ1) is 8.84. The molecule has 2 fully saturated rings. The van der Waals surface area contributed by atoms with Crippen molar-refractivity contribution < 1.29 is 9.59 Å². The third kappa shape index (κ3) is 2.91. The zero-order chi connectivity index (χ0) is 14.2. The first kappa shape index (κ1) is 14.3. The molecule has 2 amide bonds. The van der Waals surface area contributed by atoms with Crippen molar-refractivity contribution in [1.82, 2.24) is 9.80 Å². The van der Waals surface area contributed by atoms with Crippen molar-refractivity contribution in [2.45, 2.75) is 39.2 Å². The van der Waals surface area contributed by atoms with E-state index >= 15 is 0 Å². The second-order valence-corrected chi connectivity index (χ2v) is 6.33. The van der Waals surface area contributed by atoms with E-state index in [9.17, 15) is 9.59 Å². The first-order valence-electron chi connectivity index (χ1n) is 7.21. The average Bonchev–Trinajstić information content (AvgIpc) is 3.21. The molecule has 0 aromatic rings. The summed E-state index contributed by atoms with van der Waals surface area (Å²) in [5, 5.41) is 0. The Balaban J connectivity index is 1.89. The summed E-state index contributed by atoms with van der Waals surface area (Å²) < 4.78 is 0. The van der Waals surface area contributed by atoms with E-state index in [-0.39, 0.29) is 17.7 Å². The van der Waals surface area contributed by atoms with Crippen molar-refractivity contribution in [2.75, 3.05) is 26.2 Å². The average molecular weight is 267 g/mol. The number of amides is 2. The molecule has 19 heavy (non-hydrogen) atoms. The highest BCUT2D eigenvalue weighted by Gasteiger charge is 2.46. The van der Waals surface area contributed by atoms with Crippen molar-refractivity contribution in [1.29, 1.82) is 0 Å². The Kier molecular flexibility index (Phi) is 3.85. The summed E-state index contributed by atoms with van der Waals surface area (Å²) >= 11 is 0. The topological polar surface area (TPSA) is 66.6 Å². The van der Waals surface area contributed by atoms with Crippen LogP contribution in [0.25, 0.3) is 0 Å². The van der Waals surface area contributed by atoms with Crippen molar-refractivity contribution >= 4 is 11.8 Å². The van der Waals surface area contributed by atoms with Gasteiger partial charge in [-0.3, -0.25) is 9.59 Å². The Morgan fingerprint density at radius 2 is 1.58 bits per heavy atom. The van der Waals surface area contributed by atoms with Crippen LogP contribution in [0.1, 0.15) is 33.6 Å². The number of hydrogen-bond donors (Lipinski definition) is 1. The molecular weight excluding hydrogens is 242 g/mol. The van der Waals surface area contributed by atoms with Crippen LogP contribution in [0.15, 0.2) is 0 Å². The van der Waals surface area contributed by atoms with Crippen LogP contribution in [0.2, 0.25) is 0 Å². The lowest BCUT2D eigenvalue weighted by molar-refractivity contribution is -0.144. The van der Waals surface area contributed by atoms with Crippen molar-refractivity contribution in [3.8, 4) is 0 Å². The second-order valence-electron chi connectivity index (χ2n) is 6.33. The lowest BCUT2D eigenvalue weighted by Crippen LogP contribution is -2.60. The summed E-state index contributed by atoms with van der Waals surface area (Å²) in [6, 6.07) is 0. The van der Waals surface area contributed by atoms with Crippen LogP contribution in [-0.2, 0) is 9.59 Å². The summed E-state index contributed by atoms with van der Waals surface area (Å²) in [7, 11) is 0. The summed E-state index contributed by atoms with van der Waals surface area (Å²) in [5.74, 6) is 0.584. The molecule has 1 unspecified atom stereocenters. The minimum absolute atomic E-state index is 0.0217. The number of nitrogens with two attached hydrogens (primary N) is 1. The zero-order valence-corrected chi connectivity index (χ0v) is 12.2. The molecule has 2 aliphatic rings. The van der Waals surface area contributed by atoms with Gasteiger partial charge in [0.15, 0.2) is 0 Å². The summed E-state index contributed by atoms with van der Waals surface area (Å²) in [6.07, 6.45) is 2.12. The van der Waals surface area contributed by atoms with Gasteiger partial charge in [-0.25, -0.2) is 0 Å². The van der Waals surface area contributed by atoms with Crippen LogP contribution in [0.5, 0.6) is 0 Å². The highest BCUT2D eigenvalue weighted by atomic mass is 16.2. The van der Waals surface area contributed by atoms with Crippen molar-refractivity contribution in [2.24, 2.45) is 17.6 Å². The molecule has 1 atom stereocenters. The molecule has 0 radical (unpaired) electrons. The third-order valence-electron chi connectivity index (χ3n) is 4.26. The van der Waals surface area contributed by atoms with Gasteiger partial charge in [0, 0.05) is 32.1 Å². The van der Waals surface area contributed by atoms with Gasteiger partial charge in [-0.15, -0.1) is 0 Å². The van der Waals surface area contributed by atoms with Gasteiger partial charge in [0.05, 0.1) is 5.54 Å². The number of rotatable bonds is 3. The van der Waals surface area contributed by atoms with Crippen LogP contribution in [0, 0.1) is 11.8 Å². The summed E-state index contributed by atoms with van der Waals surface area (Å²) in [5.41, 5.74) is 5.45. The highest BCUT2D eigenvalue weighted by molar-refractivity contribution is 5.87. The smallest absolute Gasteiger partial charge is 0.242 e. The SMILES string of the molecule is CC(C)C(=O)N1CCN(C(=O)C(C)(N)C2CC2)CC1. The summed E-state index contributed by atoms with van der Waals surface area (Å²) in [6.45, 7) is 8.13. The maximum absolute atomic E-state index is 12.4. The lowest BCUT2D eigenvalue weighted by atomic mass is 9.95. The molecule has 0 aromatic carbocycles. The Bertz CT molecular complexity index is 367. The highest BCUT2D eigenvalue weighted by Crippen LogP contribution is 2.39. The molecule has 0 bridgehead atoms. The summed E-state index contributed by atoms with van der Waals surface area (Å²) in [4.78, 5) is 28.0. The van der Waals surface area contributed by atoms with Crippen LogP contribution in [-0.4, -0.2) is 53.3 Å². The predicted molar refractivity (Wildman–Crippen MR) is 73.3 cm³/mol. The minimum Gasteiger partial charge on any atom is -0.339 e. The van der Waals surface area contributed by atoms with Crippen LogP contribution in [0.3, 0.4) is 0 Å². The Morgan fingerprint density at radius 1 is 1.11 bits per heavy atom. The van der Waals surface area contributed by atoms with Crippen molar-refractivity contribution in [3.05, 3.63) is 0 Å². The Labute approximate surface area is 115 Å². The molecule has 1 saturated carbocycles. The fourth-order valence-electron chi connectivity index (χ4n) is 2.69. The molecule has 0 aromatic heterocycles. The monoisotopic (exact) mass is 267 g/mol. The second kappa shape index (κ2) is 5.12. The van der Waals surface area contributed by atoms with Gasteiger partial charge in [0.25, 0.3) is 0 Å². The van der Waals surface area contributed by atoms with E-state index in [1.54, 1.807) is 0 Å². The maximum Gasteiger partial charge on any atom is 0.242 e. The van der Waals surface area contributed by atoms with Gasteiger partial charge in [-0.05, 0) is 25.7 Å². The van der Waals surface area contributed by atoms with Crippen LogP contribution in [0.4, 0.5) is 0 Å². The number of nitrogens with zero attached hydrogens (tertiary/aromatic N) is 2. The van der Waals surface area contributed by atoms with E-state index in [0.717, 1.165) is 12.8 Å². The van der Waals surface area contributed by atoms with Crippen LogP contribution < -0.4 is 5.73 Å². The predicted octanol–water partition coefficient (Wildman–Crippen LogP) is 0.441. The molecule has 5 heteroatoms. The van der Waals surface area contributed by atoms with E-state index in [1.807, 2.05) is 30.6 Å². The van der Waals surface area contributed by atoms with Gasteiger partial charge < -0.3 is 15.5 Å². The molecular formula is C14H25N3O2. The maximum atomic E-state index is 12.4. The molecule has 2 N–H and O–H groups in total. The van der Waals surface area contributed by atoms with Gasteiger partial charge >= 0.3 is 0 Å². The zero-order valence-electron chi connectivity index (χ0n) is 12.2. The van der Waals surface area contributed by atoms with Gasteiger partial charge in [-0.2, -0.15) is 0 Å². The van der Waals surface area contributed by atoms with Crippen molar-refractivity contribution in [3.63, 3.8) is 0 Å². The minimum atomic E-state index is -0.718.